The molecular weight excluding hydrogens is 295 g/mol. The molecule has 1 aromatic carbocycles. The van der Waals surface area contributed by atoms with Crippen LogP contribution in [0.3, 0.4) is 0 Å². The fraction of sp³-hybridized carbons (Fsp3) is 0.600. The molecule has 2 N–H and O–H groups in total. The van der Waals surface area contributed by atoms with Crippen molar-refractivity contribution in [1.29, 1.82) is 0 Å². The Morgan fingerprint density at radius 3 is 2.50 bits per heavy atom. The highest BCUT2D eigenvalue weighted by atomic mass is 35.5. The zero-order chi connectivity index (χ0) is 15.1. The number of rotatable bonds is 8. The normalized spacial score (nSPS) is 14.6. The van der Waals surface area contributed by atoms with Crippen molar-refractivity contribution in [2.24, 2.45) is 0 Å². The van der Waals surface area contributed by atoms with Gasteiger partial charge in [-0.05, 0) is 52.0 Å². The van der Waals surface area contributed by atoms with Crippen molar-refractivity contribution in [1.82, 2.24) is 10.2 Å². The summed E-state index contributed by atoms with van der Waals surface area (Å²) in [6.07, 6.45) is 1.48. The van der Waals surface area contributed by atoms with E-state index in [0.29, 0.717) is 10.0 Å². The number of aliphatic hydroxyl groups is 1. The van der Waals surface area contributed by atoms with Crippen LogP contribution in [0.5, 0.6) is 0 Å². The van der Waals surface area contributed by atoms with Gasteiger partial charge in [-0.1, -0.05) is 35.3 Å². The van der Waals surface area contributed by atoms with Crippen molar-refractivity contribution in [2.45, 2.75) is 31.9 Å². The third-order valence-corrected chi connectivity index (χ3v) is 4.27. The molecule has 0 aliphatic rings. The van der Waals surface area contributed by atoms with Crippen molar-refractivity contribution in [3.63, 3.8) is 0 Å². The van der Waals surface area contributed by atoms with E-state index in [4.69, 9.17) is 23.2 Å². The Morgan fingerprint density at radius 2 is 1.90 bits per heavy atom. The van der Waals surface area contributed by atoms with Crippen molar-refractivity contribution in [3.8, 4) is 0 Å². The summed E-state index contributed by atoms with van der Waals surface area (Å²) in [7, 11) is 3.99. The predicted octanol–water partition coefficient (Wildman–Crippen LogP) is 3.35. The van der Waals surface area contributed by atoms with Crippen LogP contribution in [0.25, 0.3) is 0 Å². The zero-order valence-electron chi connectivity index (χ0n) is 12.4. The lowest BCUT2D eigenvalue weighted by atomic mass is 10.0. The lowest BCUT2D eigenvalue weighted by Crippen LogP contribution is -2.27. The number of nitrogens with zero attached hydrogens (tertiary/aromatic N) is 1. The molecule has 2 unspecified atom stereocenters. The fourth-order valence-electron chi connectivity index (χ4n) is 2.11. The van der Waals surface area contributed by atoms with Crippen molar-refractivity contribution >= 4 is 23.2 Å². The van der Waals surface area contributed by atoms with Crippen LogP contribution in [0, 0.1) is 0 Å². The van der Waals surface area contributed by atoms with Crippen LogP contribution in [0.2, 0.25) is 10.0 Å². The minimum absolute atomic E-state index is 0.176. The molecule has 0 spiro atoms. The molecule has 0 bridgehead atoms. The molecule has 3 nitrogen and oxygen atoms in total. The highest BCUT2D eigenvalue weighted by Gasteiger charge is 2.15. The number of aliphatic hydroxyl groups excluding tert-OH is 1. The van der Waals surface area contributed by atoms with Crippen LogP contribution < -0.4 is 5.32 Å². The maximum absolute atomic E-state index is 9.30. The van der Waals surface area contributed by atoms with E-state index in [-0.39, 0.29) is 12.1 Å². The highest BCUT2D eigenvalue weighted by molar-refractivity contribution is 6.42. The molecule has 114 valence electrons. The SMILES string of the molecule is CNC(CCN(C)CCC(C)O)c1cccc(Cl)c1Cl. The third kappa shape index (κ3) is 5.58. The number of hydrogen-bond acceptors (Lipinski definition) is 3. The minimum atomic E-state index is -0.250. The second-order valence-corrected chi connectivity index (χ2v) is 6.00. The second-order valence-electron chi connectivity index (χ2n) is 5.21. The molecule has 2 atom stereocenters. The Labute approximate surface area is 131 Å². The lowest BCUT2D eigenvalue weighted by Gasteiger charge is -2.23. The van der Waals surface area contributed by atoms with Crippen LogP contribution >= 0.6 is 23.2 Å². The molecule has 0 saturated carbocycles. The molecule has 1 aromatic rings. The molecule has 0 amide bonds. The van der Waals surface area contributed by atoms with E-state index in [1.54, 1.807) is 6.07 Å². The molecule has 0 aliphatic carbocycles. The predicted molar refractivity (Wildman–Crippen MR) is 86.7 cm³/mol. The second kappa shape index (κ2) is 8.85. The maximum atomic E-state index is 9.30. The first-order valence-electron chi connectivity index (χ1n) is 6.93. The smallest absolute Gasteiger partial charge is 0.0640 e. The average molecular weight is 319 g/mol. The molecule has 0 saturated heterocycles. The van der Waals surface area contributed by atoms with Gasteiger partial charge in [0.25, 0.3) is 0 Å². The average Bonchev–Trinajstić information content (AvgIpc) is 2.41. The minimum Gasteiger partial charge on any atom is -0.393 e. The summed E-state index contributed by atoms with van der Waals surface area (Å²) in [5.74, 6) is 0. The summed E-state index contributed by atoms with van der Waals surface area (Å²) < 4.78 is 0. The van der Waals surface area contributed by atoms with E-state index in [1.807, 2.05) is 26.1 Å². The Bertz CT molecular complexity index is 413. The van der Waals surface area contributed by atoms with Gasteiger partial charge >= 0.3 is 0 Å². The zero-order valence-corrected chi connectivity index (χ0v) is 13.9. The van der Waals surface area contributed by atoms with E-state index >= 15 is 0 Å². The van der Waals surface area contributed by atoms with Gasteiger partial charge in [0.2, 0.25) is 0 Å². The number of halogens is 2. The molecule has 5 heteroatoms. The number of benzene rings is 1. The van der Waals surface area contributed by atoms with E-state index in [9.17, 15) is 5.11 Å². The molecule has 0 aliphatic heterocycles. The van der Waals surface area contributed by atoms with Gasteiger partial charge in [-0.15, -0.1) is 0 Å². The van der Waals surface area contributed by atoms with Crippen molar-refractivity contribution in [2.75, 3.05) is 27.2 Å². The maximum Gasteiger partial charge on any atom is 0.0640 e. The quantitative estimate of drug-likeness (QED) is 0.771. The summed E-state index contributed by atoms with van der Waals surface area (Å²) in [6.45, 7) is 3.63. The Kier molecular flexibility index (Phi) is 7.85. The first kappa shape index (κ1) is 17.7. The summed E-state index contributed by atoms with van der Waals surface area (Å²) in [5.41, 5.74) is 1.03. The van der Waals surface area contributed by atoms with Gasteiger partial charge in [0.15, 0.2) is 0 Å². The van der Waals surface area contributed by atoms with Crippen LogP contribution in [0.1, 0.15) is 31.4 Å². The molecule has 1 rings (SSSR count). The van der Waals surface area contributed by atoms with E-state index in [0.717, 1.165) is 31.5 Å². The van der Waals surface area contributed by atoms with Gasteiger partial charge in [0.05, 0.1) is 16.1 Å². The molecular formula is C15H24Cl2N2O. The largest absolute Gasteiger partial charge is 0.393 e. The van der Waals surface area contributed by atoms with Gasteiger partial charge in [0, 0.05) is 12.6 Å². The molecule has 0 heterocycles. The monoisotopic (exact) mass is 318 g/mol. The Balaban J connectivity index is 2.57. The molecule has 0 aromatic heterocycles. The number of nitrogens with one attached hydrogen (secondary N) is 1. The standard InChI is InChI=1S/C15H24Cl2N2O/c1-11(20)7-9-19(3)10-8-14(18-2)12-5-4-6-13(16)15(12)17/h4-6,11,14,18,20H,7-10H2,1-3H3. The van der Waals surface area contributed by atoms with Gasteiger partial charge < -0.3 is 15.3 Å². The first-order chi connectivity index (χ1) is 9.45. The van der Waals surface area contributed by atoms with Gasteiger partial charge in [-0.2, -0.15) is 0 Å². The third-order valence-electron chi connectivity index (χ3n) is 3.43. The van der Waals surface area contributed by atoms with Crippen LogP contribution in [-0.2, 0) is 0 Å². The fourth-order valence-corrected chi connectivity index (χ4v) is 2.55. The first-order valence-corrected chi connectivity index (χ1v) is 7.69. The van der Waals surface area contributed by atoms with Crippen LogP contribution in [0.4, 0.5) is 0 Å². The van der Waals surface area contributed by atoms with E-state index in [1.165, 1.54) is 0 Å². The van der Waals surface area contributed by atoms with E-state index < -0.39 is 0 Å². The Hall–Kier alpha value is -0.320. The highest BCUT2D eigenvalue weighted by Crippen LogP contribution is 2.31. The molecule has 0 fully saturated rings. The molecule has 0 radical (unpaired) electrons. The Morgan fingerprint density at radius 1 is 1.25 bits per heavy atom. The van der Waals surface area contributed by atoms with Gasteiger partial charge in [0.1, 0.15) is 0 Å². The van der Waals surface area contributed by atoms with E-state index in [2.05, 4.69) is 17.3 Å². The number of hydrogen-bond donors (Lipinski definition) is 2. The summed E-state index contributed by atoms with van der Waals surface area (Å²) >= 11 is 12.3. The van der Waals surface area contributed by atoms with Crippen LogP contribution in [0.15, 0.2) is 18.2 Å². The van der Waals surface area contributed by atoms with Gasteiger partial charge in [-0.25, -0.2) is 0 Å². The summed E-state index contributed by atoms with van der Waals surface area (Å²) in [6, 6.07) is 5.90. The topological polar surface area (TPSA) is 35.5 Å². The summed E-state index contributed by atoms with van der Waals surface area (Å²) in [5, 5.41) is 13.8. The molecule has 20 heavy (non-hydrogen) atoms. The van der Waals surface area contributed by atoms with Crippen molar-refractivity contribution < 1.29 is 5.11 Å². The van der Waals surface area contributed by atoms with Crippen LogP contribution in [-0.4, -0.2) is 43.3 Å². The van der Waals surface area contributed by atoms with Gasteiger partial charge in [-0.3, -0.25) is 0 Å². The lowest BCUT2D eigenvalue weighted by molar-refractivity contribution is 0.163. The summed E-state index contributed by atoms with van der Waals surface area (Å²) in [4.78, 5) is 2.22. The van der Waals surface area contributed by atoms with Crippen molar-refractivity contribution in [3.05, 3.63) is 33.8 Å².